The second-order valence-corrected chi connectivity index (χ2v) is 23.0. The SMILES string of the molecule is O=[N+]([O-])c1ccc(OCCOCCOCCOc2c3cccc2Cc2cccc(c2OCCOCCOCCOc2ccc([N+](=O)[O-])cc2)Cc2cccc(c2OCCOCCOCCOc2ccc([N+](=O)[O-])cc2)Cc2cccc(c2OCCOCCOCCOc2ccc([N+](=O)[O-])cc2)C3)cc1. The summed E-state index contributed by atoms with van der Waals surface area (Å²) in [4.78, 5) is 42.3. The lowest BCUT2D eigenvalue weighted by Crippen LogP contribution is -2.16. The fraction of sp³-hybridized carbons (Fsp3) is 0.368. The summed E-state index contributed by atoms with van der Waals surface area (Å²) in [6.45, 7) is 6.28. The Balaban J connectivity index is 0.889. The van der Waals surface area contributed by atoms with E-state index in [2.05, 4.69) is 48.5 Å². The van der Waals surface area contributed by atoms with Crippen LogP contribution in [0.5, 0.6) is 46.0 Å². The molecule has 0 aromatic heterocycles. The molecule has 0 atom stereocenters. The molecule has 0 aliphatic heterocycles. The quantitative estimate of drug-likeness (QED) is 0.0194. The summed E-state index contributed by atoms with van der Waals surface area (Å²) in [6.07, 6.45) is 1.64. The average Bonchev–Trinajstić information content (AvgIpc) is 0.789. The Hall–Kier alpha value is -10.6. The van der Waals surface area contributed by atoms with Gasteiger partial charge in [-0.05, 0) is 93.0 Å². The van der Waals surface area contributed by atoms with Gasteiger partial charge in [0.2, 0.25) is 0 Å². The number of ether oxygens (including phenoxy) is 16. The van der Waals surface area contributed by atoms with E-state index in [1.807, 2.05) is 24.3 Å². The van der Waals surface area contributed by atoms with Crippen LogP contribution in [-0.4, -0.2) is 178 Å². The van der Waals surface area contributed by atoms with Gasteiger partial charge in [0.1, 0.15) is 98.9 Å². The van der Waals surface area contributed by atoms with Crippen LogP contribution in [0.3, 0.4) is 0 Å². The Bertz CT molecular complexity index is 3350. The summed E-state index contributed by atoms with van der Waals surface area (Å²) in [7, 11) is 0. The first kappa shape index (κ1) is 77.6. The maximum atomic E-state index is 11.1. The molecule has 0 N–H and O–H groups in total. The number of non-ortho nitro benzene ring substituents is 4. The Morgan fingerprint density at radius 3 is 0.500 bits per heavy atom. The summed E-state index contributed by atoms with van der Waals surface area (Å²) in [6, 6.07) is 47.9. The van der Waals surface area contributed by atoms with Crippen LogP contribution in [0, 0.1) is 40.5 Å². The number of benzene rings is 8. The lowest BCUT2D eigenvalue weighted by Gasteiger charge is -2.23. The van der Waals surface area contributed by atoms with E-state index in [9.17, 15) is 40.5 Å². The first-order valence-electron chi connectivity index (χ1n) is 34.0. The topological polar surface area (TPSA) is 320 Å². The highest BCUT2D eigenvalue weighted by Gasteiger charge is 2.23. The van der Waals surface area contributed by atoms with Crippen LogP contribution < -0.4 is 37.9 Å². The molecule has 9 rings (SSSR count). The lowest BCUT2D eigenvalue weighted by molar-refractivity contribution is -0.385. The molecule has 0 spiro atoms. The Morgan fingerprint density at radius 2 is 0.346 bits per heavy atom. The molecule has 0 unspecified atom stereocenters. The minimum Gasteiger partial charge on any atom is -0.491 e. The fourth-order valence-corrected chi connectivity index (χ4v) is 10.9. The van der Waals surface area contributed by atoms with Crippen molar-refractivity contribution in [3.63, 3.8) is 0 Å². The van der Waals surface area contributed by atoms with Crippen LogP contribution in [0.1, 0.15) is 44.5 Å². The van der Waals surface area contributed by atoms with E-state index >= 15 is 0 Å². The predicted octanol–water partition coefficient (Wildman–Crippen LogP) is 12.0. The van der Waals surface area contributed by atoms with E-state index in [-0.39, 0.29) is 155 Å². The standard InChI is InChI=1S/C76H84N4O24/c81-77(82)65-13-21-69(22-14-65)97-45-37-89-29-33-93-41-49-101-73-57-5-1-6-58(73)54-60-8-3-10-62(75(60)103-51-43-95-35-31-91-39-47-99-71-25-17-67(18-26-71)79(85)86)56-64-12-4-11-63(76(64)104-52-44-96-36-32-92-40-48-100-72-27-19-68(20-28-72)80(87)88)55-61-9-2-7-59(53-57)74(61)102-50-42-94-34-30-90-38-46-98-70-23-15-66(16-24-70)78(83)84/h1-28H,29-56H2. The number of hydrogen-bond acceptors (Lipinski definition) is 24. The fourth-order valence-electron chi connectivity index (χ4n) is 10.9. The Morgan fingerprint density at radius 1 is 0.202 bits per heavy atom. The van der Waals surface area contributed by atoms with Gasteiger partial charge in [-0.25, -0.2) is 0 Å². The molecule has 552 valence electrons. The number of hydrogen-bond donors (Lipinski definition) is 0. The number of rotatable bonds is 48. The first-order valence-corrected chi connectivity index (χ1v) is 34.0. The third-order valence-corrected chi connectivity index (χ3v) is 15.8. The van der Waals surface area contributed by atoms with Gasteiger partial charge < -0.3 is 75.8 Å². The zero-order valence-electron chi connectivity index (χ0n) is 57.6. The molecule has 0 radical (unpaired) electrons. The highest BCUT2D eigenvalue weighted by molar-refractivity contribution is 5.56. The van der Waals surface area contributed by atoms with Gasteiger partial charge in [-0.15, -0.1) is 0 Å². The van der Waals surface area contributed by atoms with Gasteiger partial charge in [-0.1, -0.05) is 72.8 Å². The maximum absolute atomic E-state index is 11.1. The van der Waals surface area contributed by atoms with Crippen LogP contribution in [0.15, 0.2) is 170 Å². The number of para-hydroxylation sites is 4. The average molecular weight is 1440 g/mol. The summed E-state index contributed by atoms with van der Waals surface area (Å²) >= 11 is 0. The van der Waals surface area contributed by atoms with Crippen molar-refractivity contribution in [2.24, 2.45) is 0 Å². The van der Waals surface area contributed by atoms with Gasteiger partial charge in [0, 0.05) is 74.2 Å². The molecular formula is C76H84N4O24. The van der Waals surface area contributed by atoms with E-state index in [1.54, 1.807) is 48.5 Å². The van der Waals surface area contributed by atoms with Crippen LogP contribution >= 0.6 is 0 Å². The van der Waals surface area contributed by atoms with E-state index in [0.717, 1.165) is 44.5 Å². The predicted molar refractivity (Wildman–Crippen MR) is 380 cm³/mol. The Kier molecular flexibility index (Phi) is 32.4. The molecule has 0 saturated heterocycles. The van der Waals surface area contributed by atoms with E-state index in [1.165, 1.54) is 48.5 Å². The second-order valence-electron chi connectivity index (χ2n) is 23.0. The van der Waals surface area contributed by atoms with Crippen molar-refractivity contribution < 1.29 is 95.5 Å². The lowest BCUT2D eigenvalue weighted by atomic mass is 9.91. The second kappa shape index (κ2) is 43.4. The van der Waals surface area contributed by atoms with Gasteiger partial charge in [0.05, 0.1) is 125 Å². The van der Waals surface area contributed by atoms with E-state index in [0.29, 0.717) is 98.1 Å². The monoisotopic (exact) mass is 1440 g/mol. The highest BCUT2D eigenvalue weighted by Crippen LogP contribution is 2.39. The summed E-state index contributed by atoms with van der Waals surface area (Å²) in [5.74, 6) is 4.71. The summed E-state index contributed by atoms with van der Waals surface area (Å²) in [5.41, 5.74) is 7.12. The van der Waals surface area contributed by atoms with Gasteiger partial charge in [-0.3, -0.25) is 40.5 Å². The van der Waals surface area contributed by atoms with E-state index in [4.69, 9.17) is 75.8 Å². The minimum absolute atomic E-state index is 0.0231. The molecule has 1 aliphatic carbocycles. The van der Waals surface area contributed by atoms with Crippen LogP contribution in [-0.2, 0) is 63.6 Å². The summed E-state index contributed by atoms with van der Waals surface area (Å²) < 4.78 is 97.1. The summed E-state index contributed by atoms with van der Waals surface area (Å²) in [5, 5.41) is 44.2. The minimum atomic E-state index is -0.466. The van der Waals surface area contributed by atoms with Gasteiger partial charge in [-0.2, -0.15) is 0 Å². The number of fused-ring (bicyclic) bond motifs is 8. The maximum Gasteiger partial charge on any atom is 0.269 e. The largest absolute Gasteiger partial charge is 0.491 e. The molecule has 8 aromatic rings. The number of nitro benzene ring substituents is 4. The van der Waals surface area contributed by atoms with Crippen molar-refractivity contribution >= 4 is 22.7 Å². The van der Waals surface area contributed by atoms with Crippen molar-refractivity contribution in [3.8, 4) is 46.0 Å². The van der Waals surface area contributed by atoms with Gasteiger partial charge in [0.15, 0.2) is 0 Å². The molecule has 0 fully saturated rings. The van der Waals surface area contributed by atoms with Crippen LogP contribution in [0.25, 0.3) is 0 Å². The molecule has 0 saturated carbocycles. The molecule has 8 aromatic carbocycles. The van der Waals surface area contributed by atoms with Crippen LogP contribution in [0.2, 0.25) is 0 Å². The first-order chi connectivity index (χ1) is 50.9. The zero-order chi connectivity index (χ0) is 72.8. The molecule has 28 heteroatoms. The van der Waals surface area contributed by atoms with E-state index < -0.39 is 19.7 Å². The highest BCUT2D eigenvalue weighted by atomic mass is 16.6. The molecular weight excluding hydrogens is 1350 g/mol. The van der Waals surface area contributed by atoms with Crippen molar-refractivity contribution in [1.82, 2.24) is 0 Å². The molecule has 1 aliphatic rings. The molecule has 0 amide bonds. The third-order valence-electron chi connectivity index (χ3n) is 15.8. The van der Waals surface area contributed by atoms with Crippen molar-refractivity contribution in [1.29, 1.82) is 0 Å². The van der Waals surface area contributed by atoms with Gasteiger partial charge in [0.25, 0.3) is 22.7 Å². The third kappa shape index (κ3) is 26.1. The van der Waals surface area contributed by atoms with Crippen molar-refractivity contribution in [2.75, 3.05) is 159 Å². The smallest absolute Gasteiger partial charge is 0.269 e. The number of nitrogens with zero attached hydrogens (tertiary/aromatic N) is 4. The molecule has 28 nitrogen and oxygen atoms in total. The molecule has 0 heterocycles. The molecule has 8 bridgehead atoms. The number of nitro groups is 4. The zero-order valence-corrected chi connectivity index (χ0v) is 57.6. The van der Waals surface area contributed by atoms with Gasteiger partial charge >= 0.3 is 0 Å². The van der Waals surface area contributed by atoms with Crippen LogP contribution in [0.4, 0.5) is 22.7 Å². The normalized spacial score (nSPS) is 11.7. The van der Waals surface area contributed by atoms with Crippen molar-refractivity contribution in [2.45, 2.75) is 25.7 Å². The Labute approximate surface area is 600 Å². The van der Waals surface area contributed by atoms with Crippen molar-refractivity contribution in [3.05, 3.63) is 255 Å². The molecule has 104 heavy (non-hydrogen) atoms.